The van der Waals surface area contributed by atoms with Crippen LogP contribution in [0, 0.1) is 0 Å². The fourth-order valence-corrected chi connectivity index (χ4v) is 1.07. The minimum atomic E-state index is -4.15. The molecule has 0 atom stereocenters. The summed E-state index contributed by atoms with van der Waals surface area (Å²) >= 11 is 0. The van der Waals surface area contributed by atoms with Gasteiger partial charge in [-0.1, -0.05) is 6.58 Å². The zero-order chi connectivity index (χ0) is 11.7. The van der Waals surface area contributed by atoms with Gasteiger partial charge in [0.2, 0.25) is 0 Å². The first-order valence-corrected chi connectivity index (χ1v) is 5.29. The number of rotatable bonds is 8. The molecule has 0 fully saturated rings. The van der Waals surface area contributed by atoms with E-state index in [0.29, 0.717) is 0 Å². The van der Waals surface area contributed by atoms with Gasteiger partial charge in [-0.05, 0) is 0 Å². The van der Waals surface area contributed by atoms with E-state index in [1.807, 2.05) is 0 Å². The van der Waals surface area contributed by atoms with Crippen LogP contribution in [0.2, 0.25) is 0 Å². The Morgan fingerprint density at radius 2 is 2.00 bits per heavy atom. The summed E-state index contributed by atoms with van der Waals surface area (Å²) < 4.78 is 34.0. The molecule has 0 heterocycles. The Labute approximate surface area is 87.6 Å². The van der Waals surface area contributed by atoms with Gasteiger partial charge in [-0.3, -0.25) is 0 Å². The third-order valence-corrected chi connectivity index (χ3v) is 1.97. The lowest BCUT2D eigenvalue weighted by molar-refractivity contribution is -0.137. The molecule has 0 aliphatic heterocycles. The Bertz CT molecular complexity index is 294. The van der Waals surface area contributed by atoms with Crippen LogP contribution in [0.25, 0.3) is 0 Å². The van der Waals surface area contributed by atoms with E-state index in [9.17, 15) is 13.2 Å². The Morgan fingerprint density at radius 1 is 1.33 bits per heavy atom. The van der Waals surface area contributed by atoms with Gasteiger partial charge in [0.05, 0.1) is 13.2 Å². The highest BCUT2D eigenvalue weighted by Crippen LogP contribution is 1.96. The first-order chi connectivity index (χ1) is 7.02. The number of aliphatic hydroxyl groups is 1. The molecule has 0 aliphatic rings. The lowest BCUT2D eigenvalue weighted by atomic mass is 10.5. The number of hydrogen-bond acceptors (Lipinski definition) is 7. The molecule has 0 aromatic heterocycles. The van der Waals surface area contributed by atoms with Crippen molar-refractivity contribution in [3.05, 3.63) is 12.7 Å². The number of esters is 1. The lowest BCUT2D eigenvalue weighted by Crippen LogP contribution is -2.13. The van der Waals surface area contributed by atoms with Crippen molar-refractivity contribution >= 4 is 16.4 Å². The van der Waals surface area contributed by atoms with Gasteiger partial charge in [-0.15, -0.1) is 0 Å². The predicted octanol–water partition coefficient (Wildman–Crippen LogP) is -0.666. The summed E-state index contributed by atoms with van der Waals surface area (Å²) in [6.07, 6.45) is 1.18. The molecule has 0 aromatic rings. The normalized spacial score (nSPS) is 11.0. The smallest absolute Gasteiger partial charge is 0.402 e. The minimum Gasteiger partial charge on any atom is -0.462 e. The third kappa shape index (κ3) is 8.06. The second-order valence-electron chi connectivity index (χ2n) is 2.20. The Hall–Kier alpha value is -0.960. The average molecular weight is 240 g/mol. The van der Waals surface area contributed by atoms with Gasteiger partial charge in [-0.25, -0.2) is 13.2 Å². The molecule has 88 valence electrons. The molecule has 8 heteroatoms. The molecule has 0 radical (unpaired) electrons. The maximum absolute atomic E-state index is 10.7. The van der Waals surface area contributed by atoms with Gasteiger partial charge in [0, 0.05) is 12.5 Å². The highest BCUT2D eigenvalue weighted by atomic mass is 32.3. The maximum atomic E-state index is 10.7. The molecule has 0 saturated heterocycles. The largest absolute Gasteiger partial charge is 0.462 e. The monoisotopic (exact) mass is 240 g/mol. The molecular formula is C7H12O7S. The molecule has 0 spiro atoms. The second-order valence-corrected chi connectivity index (χ2v) is 3.49. The van der Waals surface area contributed by atoms with Crippen molar-refractivity contribution in [1.82, 2.24) is 0 Å². The van der Waals surface area contributed by atoms with Crippen molar-refractivity contribution in [3.63, 3.8) is 0 Å². The molecule has 7 nitrogen and oxygen atoms in total. The zero-order valence-corrected chi connectivity index (χ0v) is 8.73. The van der Waals surface area contributed by atoms with Crippen LogP contribution >= 0.6 is 0 Å². The summed E-state index contributed by atoms with van der Waals surface area (Å²) in [7, 11) is -4.15. The first-order valence-electron chi connectivity index (χ1n) is 3.95. The summed E-state index contributed by atoms with van der Waals surface area (Å²) in [6, 6.07) is 0. The SMILES string of the molecule is C=CC(=O)OCCCOS(=O)(=O)OCO. The highest BCUT2D eigenvalue weighted by Gasteiger charge is 2.10. The zero-order valence-electron chi connectivity index (χ0n) is 7.92. The van der Waals surface area contributed by atoms with E-state index in [0.717, 1.165) is 6.08 Å². The van der Waals surface area contributed by atoms with Crippen LogP contribution in [0.5, 0.6) is 0 Å². The van der Waals surface area contributed by atoms with Crippen molar-refractivity contribution in [2.24, 2.45) is 0 Å². The van der Waals surface area contributed by atoms with Gasteiger partial charge in [0.15, 0.2) is 6.79 Å². The fraction of sp³-hybridized carbons (Fsp3) is 0.571. The topological polar surface area (TPSA) is 99.1 Å². The number of hydrogen-bond donors (Lipinski definition) is 1. The van der Waals surface area contributed by atoms with Crippen LogP contribution < -0.4 is 0 Å². The Morgan fingerprint density at radius 3 is 2.53 bits per heavy atom. The standard InChI is InChI=1S/C7H12O7S/c1-2-7(9)12-4-3-5-13-15(10,11)14-6-8/h2,8H,1,3-6H2. The van der Waals surface area contributed by atoms with E-state index in [2.05, 4.69) is 19.7 Å². The number of aliphatic hydroxyl groups excluding tert-OH is 1. The number of carbonyl (C=O) groups is 1. The number of ether oxygens (including phenoxy) is 1. The Kier molecular flexibility index (Phi) is 6.88. The fourth-order valence-electron chi connectivity index (χ4n) is 0.550. The van der Waals surface area contributed by atoms with Crippen molar-refractivity contribution in [3.8, 4) is 0 Å². The Balaban J connectivity index is 3.54. The van der Waals surface area contributed by atoms with E-state index < -0.39 is 23.2 Å². The predicted molar refractivity (Wildman–Crippen MR) is 48.8 cm³/mol. The van der Waals surface area contributed by atoms with Gasteiger partial charge in [0.25, 0.3) is 0 Å². The quantitative estimate of drug-likeness (QED) is 0.260. The molecule has 15 heavy (non-hydrogen) atoms. The van der Waals surface area contributed by atoms with Crippen LogP contribution in [0.1, 0.15) is 6.42 Å². The molecule has 0 bridgehead atoms. The van der Waals surface area contributed by atoms with Gasteiger partial charge in [0.1, 0.15) is 0 Å². The van der Waals surface area contributed by atoms with Crippen LogP contribution in [0.3, 0.4) is 0 Å². The van der Waals surface area contributed by atoms with Gasteiger partial charge in [-0.2, -0.15) is 8.42 Å². The third-order valence-electron chi connectivity index (χ3n) is 1.12. The maximum Gasteiger partial charge on any atom is 0.402 e. The summed E-state index contributed by atoms with van der Waals surface area (Å²) in [5, 5.41) is 8.15. The first kappa shape index (κ1) is 14.0. The second kappa shape index (κ2) is 7.35. The lowest BCUT2D eigenvalue weighted by Gasteiger charge is -2.03. The van der Waals surface area contributed by atoms with Crippen molar-refractivity contribution in [2.45, 2.75) is 6.42 Å². The van der Waals surface area contributed by atoms with Gasteiger partial charge >= 0.3 is 16.4 Å². The summed E-state index contributed by atoms with van der Waals surface area (Å²) in [4.78, 5) is 10.5. The molecule has 0 rings (SSSR count). The molecule has 0 unspecified atom stereocenters. The van der Waals surface area contributed by atoms with Crippen molar-refractivity contribution in [1.29, 1.82) is 0 Å². The van der Waals surface area contributed by atoms with Crippen LogP contribution in [0.4, 0.5) is 0 Å². The van der Waals surface area contributed by atoms with Crippen molar-refractivity contribution < 1.29 is 31.4 Å². The molecule has 0 amide bonds. The van der Waals surface area contributed by atoms with Crippen molar-refractivity contribution in [2.75, 3.05) is 20.0 Å². The van der Waals surface area contributed by atoms with Crippen LogP contribution in [-0.4, -0.2) is 39.5 Å². The minimum absolute atomic E-state index is 0.0134. The average Bonchev–Trinajstić information content (AvgIpc) is 2.16. The van der Waals surface area contributed by atoms with E-state index >= 15 is 0 Å². The van der Waals surface area contributed by atoms with Gasteiger partial charge < -0.3 is 9.84 Å². The molecule has 1 N–H and O–H groups in total. The van der Waals surface area contributed by atoms with Crippen LogP contribution in [0.15, 0.2) is 12.7 Å². The summed E-state index contributed by atoms with van der Waals surface area (Å²) in [5.41, 5.74) is 0. The van der Waals surface area contributed by atoms with E-state index in [1.165, 1.54) is 0 Å². The summed E-state index contributed by atoms with van der Waals surface area (Å²) in [5.74, 6) is -0.593. The van der Waals surface area contributed by atoms with Crippen LogP contribution in [-0.2, 0) is 28.3 Å². The van der Waals surface area contributed by atoms with E-state index in [4.69, 9.17) is 5.11 Å². The molecule has 0 aromatic carbocycles. The number of carbonyl (C=O) groups excluding carboxylic acids is 1. The summed E-state index contributed by atoms with van der Waals surface area (Å²) in [6.45, 7) is 2.01. The highest BCUT2D eigenvalue weighted by molar-refractivity contribution is 7.81. The van der Waals surface area contributed by atoms with E-state index in [-0.39, 0.29) is 19.6 Å². The van der Waals surface area contributed by atoms with E-state index in [1.54, 1.807) is 0 Å². The molecule has 0 saturated carbocycles. The molecule has 0 aliphatic carbocycles. The molecular weight excluding hydrogens is 228 g/mol.